The molecule has 0 bridgehead atoms. The Bertz CT molecular complexity index is 2250. The zero-order valence-corrected chi connectivity index (χ0v) is 32.4. The van der Waals surface area contributed by atoms with E-state index in [0.29, 0.717) is 0 Å². The molecule has 0 saturated carbocycles. The van der Waals surface area contributed by atoms with E-state index < -0.39 is 0 Å². The van der Waals surface area contributed by atoms with Gasteiger partial charge >= 0.3 is 0 Å². The van der Waals surface area contributed by atoms with Gasteiger partial charge in [0.15, 0.2) is 0 Å². The lowest BCUT2D eigenvalue weighted by Crippen LogP contribution is -2.09. The molecule has 7 aromatic carbocycles. The molecule has 0 aliphatic carbocycles. The van der Waals surface area contributed by atoms with Gasteiger partial charge in [-0.2, -0.15) is 8.75 Å². The number of anilines is 6. The number of para-hydroxylation sites is 2. The van der Waals surface area contributed by atoms with Crippen molar-refractivity contribution in [2.45, 2.75) is 52.4 Å². The number of unbranched alkanes of at least 4 members (excludes halogenated alkanes) is 2. The lowest BCUT2D eigenvalue weighted by molar-refractivity contribution is 0.795. The van der Waals surface area contributed by atoms with Crippen LogP contribution in [0.4, 0.5) is 34.1 Å². The number of nitrogens with zero attached hydrogens (tertiary/aromatic N) is 4. The summed E-state index contributed by atoms with van der Waals surface area (Å²) in [6, 6.07) is 61.3. The molecule has 1 aromatic heterocycles. The lowest BCUT2D eigenvalue weighted by Gasteiger charge is -2.26. The van der Waals surface area contributed by atoms with E-state index in [1.165, 1.54) is 48.5 Å². The van der Waals surface area contributed by atoms with E-state index in [1.54, 1.807) is 0 Å². The van der Waals surface area contributed by atoms with Crippen molar-refractivity contribution < 1.29 is 0 Å². The molecule has 8 aromatic rings. The second-order valence-electron chi connectivity index (χ2n) is 14.1. The second kappa shape index (κ2) is 17.0. The van der Waals surface area contributed by atoms with Gasteiger partial charge in [-0.05, 0) is 121 Å². The third kappa shape index (κ3) is 7.94. The zero-order valence-electron chi connectivity index (χ0n) is 31.6. The lowest BCUT2D eigenvalue weighted by atomic mass is 9.97. The second-order valence-corrected chi connectivity index (χ2v) is 14.6. The van der Waals surface area contributed by atoms with Gasteiger partial charge in [0, 0.05) is 45.3 Å². The van der Waals surface area contributed by atoms with Crippen LogP contribution in [0.5, 0.6) is 0 Å². The highest BCUT2D eigenvalue weighted by Gasteiger charge is 2.17. The van der Waals surface area contributed by atoms with Crippen molar-refractivity contribution in [1.29, 1.82) is 0 Å². The number of fused-ring (bicyclic) bond motifs is 1. The van der Waals surface area contributed by atoms with Crippen molar-refractivity contribution in [1.82, 2.24) is 8.75 Å². The average molecular weight is 735 g/mol. The van der Waals surface area contributed by atoms with Crippen LogP contribution in [0.25, 0.3) is 33.3 Å². The van der Waals surface area contributed by atoms with Crippen molar-refractivity contribution in [3.8, 4) is 22.3 Å². The Morgan fingerprint density at radius 2 is 0.709 bits per heavy atom. The fourth-order valence-electron chi connectivity index (χ4n) is 7.35. The van der Waals surface area contributed by atoms with Crippen LogP contribution in [0, 0.1) is 0 Å². The summed E-state index contributed by atoms with van der Waals surface area (Å²) in [6.45, 7) is 4.49. The van der Waals surface area contributed by atoms with E-state index in [4.69, 9.17) is 8.75 Å². The Labute approximate surface area is 329 Å². The molecular weight excluding hydrogens is 689 g/mol. The summed E-state index contributed by atoms with van der Waals surface area (Å²) < 4.78 is 9.65. The van der Waals surface area contributed by atoms with Crippen LogP contribution >= 0.6 is 11.7 Å². The summed E-state index contributed by atoms with van der Waals surface area (Å²) in [6.07, 6.45) is 7.05. The number of hydrogen-bond donors (Lipinski definition) is 0. The van der Waals surface area contributed by atoms with Gasteiger partial charge in [-0.1, -0.05) is 124 Å². The number of hydrogen-bond acceptors (Lipinski definition) is 5. The van der Waals surface area contributed by atoms with Gasteiger partial charge in [-0.3, -0.25) is 0 Å². The smallest absolute Gasteiger partial charge is 0.113 e. The van der Waals surface area contributed by atoms with Crippen molar-refractivity contribution in [2.24, 2.45) is 0 Å². The minimum absolute atomic E-state index is 0.927. The molecule has 8 rings (SSSR count). The third-order valence-electron chi connectivity index (χ3n) is 10.3. The molecule has 0 saturated heterocycles. The molecule has 272 valence electrons. The maximum atomic E-state index is 4.83. The number of rotatable bonds is 14. The SMILES string of the molecule is CCCCc1ccc(N(c2ccccc2)c2ccc(-c3ccc(-c4ccc(N(c5ccccc5)c5ccc(CCCC)cc5)cc4)c4nsnc34)cc2)cc1. The van der Waals surface area contributed by atoms with Crippen LogP contribution in [-0.2, 0) is 12.8 Å². The Kier molecular flexibility index (Phi) is 11.1. The van der Waals surface area contributed by atoms with Gasteiger partial charge in [0.1, 0.15) is 11.0 Å². The average Bonchev–Trinajstić information content (AvgIpc) is 3.75. The van der Waals surface area contributed by atoms with Crippen LogP contribution in [-0.4, -0.2) is 8.75 Å². The molecule has 55 heavy (non-hydrogen) atoms. The van der Waals surface area contributed by atoms with Crippen molar-refractivity contribution in [2.75, 3.05) is 9.80 Å². The normalized spacial score (nSPS) is 11.2. The van der Waals surface area contributed by atoms with Gasteiger partial charge in [0.25, 0.3) is 0 Å². The fraction of sp³-hybridized carbons (Fsp3) is 0.160. The van der Waals surface area contributed by atoms with Crippen LogP contribution in [0.3, 0.4) is 0 Å². The quantitative estimate of drug-likeness (QED) is 0.111. The maximum Gasteiger partial charge on any atom is 0.113 e. The molecule has 1 heterocycles. The Morgan fingerprint density at radius 1 is 0.382 bits per heavy atom. The van der Waals surface area contributed by atoms with E-state index in [9.17, 15) is 0 Å². The summed E-state index contributed by atoms with van der Waals surface area (Å²) in [5, 5.41) is 0. The van der Waals surface area contributed by atoms with E-state index in [2.05, 4.69) is 194 Å². The van der Waals surface area contributed by atoms with Crippen LogP contribution in [0.2, 0.25) is 0 Å². The summed E-state index contributed by atoms with van der Waals surface area (Å²) in [5.41, 5.74) is 15.8. The molecule has 0 amide bonds. The first-order valence-electron chi connectivity index (χ1n) is 19.5. The van der Waals surface area contributed by atoms with Gasteiger partial charge < -0.3 is 9.80 Å². The topological polar surface area (TPSA) is 32.3 Å². The number of aromatic nitrogens is 2. The molecule has 0 atom stereocenters. The minimum Gasteiger partial charge on any atom is -0.311 e. The Morgan fingerprint density at radius 3 is 1.05 bits per heavy atom. The van der Waals surface area contributed by atoms with Crippen molar-refractivity contribution in [3.05, 3.63) is 181 Å². The molecule has 5 heteroatoms. The predicted octanol–water partition coefficient (Wildman–Crippen LogP) is 14.7. The molecule has 0 aliphatic heterocycles. The number of aryl methyl sites for hydroxylation is 2. The highest BCUT2D eigenvalue weighted by atomic mass is 32.1. The van der Waals surface area contributed by atoms with Gasteiger partial charge in [0.2, 0.25) is 0 Å². The summed E-state index contributed by atoms with van der Waals surface area (Å²) in [4.78, 5) is 4.64. The molecular formula is C50H46N4S. The van der Waals surface area contributed by atoms with E-state index in [0.717, 1.165) is 80.3 Å². The van der Waals surface area contributed by atoms with Gasteiger partial charge in [0.05, 0.1) is 11.7 Å². The Hall–Kier alpha value is -6.04. The highest BCUT2D eigenvalue weighted by molar-refractivity contribution is 7.00. The van der Waals surface area contributed by atoms with E-state index in [-0.39, 0.29) is 0 Å². The third-order valence-corrected chi connectivity index (χ3v) is 10.9. The monoisotopic (exact) mass is 734 g/mol. The summed E-state index contributed by atoms with van der Waals surface area (Å²) in [5.74, 6) is 0. The van der Waals surface area contributed by atoms with Crippen molar-refractivity contribution >= 4 is 56.9 Å². The molecule has 4 nitrogen and oxygen atoms in total. The summed E-state index contributed by atoms with van der Waals surface area (Å²) in [7, 11) is 0. The maximum absolute atomic E-state index is 4.83. The first kappa shape index (κ1) is 36.0. The molecule has 0 N–H and O–H groups in total. The standard InChI is InChI=1S/C50H46N4S/c1-3-5-13-37-19-27-43(28-20-37)53(41-15-9-7-10-16-41)45-31-23-39(24-32-45)47-35-36-48(50-49(47)51-55-52-50)40-25-33-46(34-26-40)54(42-17-11-8-12-18-42)44-29-21-38(22-30-44)14-6-4-2/h7-12,15-36H,3-6,13-14H2,1-2H3. The number of benzene rings is 7. The Balaban J connectivity index is 1.08. The largest absolute Gasteiger partial charge is 0.311 e. The molecule has 0 spiro atoms. The van der Waals surface area contributed by atoms with Crippen molar-refractivity contribution in [3.63, 3.8) is 0 Å². The first-order valence-corrected chi connectivity index (χ1v) is 20.3. The van der Waals surface area contributed by atoms with E-state index >= 15 is 0 Å². The van der Waals surface area contributed by atoms with Crippen LogP contribution < -0.4 is 9.80 Å². The summed E-state index contributed by atoms with van der Waals surface area (Å²) >= 11 is 1.27. The molecule has 0 fully saturated rings. The minimum atomic E-state index is 0.927. The van der Waals surface area contributed by atoms with Gasteiger partial charge in [-0.25, -0.2) is 0 Å². The van der Waals surface area contributed by atoms with Crippen LogP contribution in [0.15, 0.2) is 170 Å². The van der Waals surface area contributed by atoms with Gasteiger partial charge in [-0.15, -0.1) is 0 Å². The fourth-order valence-corrected chi connectivity index (χ4v) is 7.92. The zero-order chi connectivity index (χ0) is 37.4. The predicted molar refractivity (Wildman–Crippen MR) is 235 cm³/mol. The van der Waals surface area contributed by atoms with Crippen LogP contribution in [0.1, 0.15) is 50.7 Å². The van der Waals surface area contributed by atoms with E-state index in [1.807, 2.05) is 0 Å². The molecule has 0 radical (unpaired) electrons. The highest BCUT2D eigenvalue weighted by Crippen LogP contribution is 2.40. The first-order chi connectivity index (χ1) is 27.2. The molecule has 0 aliphatic rings. The molecule has 0 unspecified atom stereocenters.